The molecule has 0 radical (unpaired) electrons. The maximum Gasteiger partial charge on any atom is 0.179 e. The van der Waals surface area contributed by atoms with Gasteiger partial charge in [-0.05, 0) is 29.8 Å². The van der Waals surface area contributed by atoms with Crippen molar-refractivity contribution in [3.05, 3.63) is 46.5 Å². The third-order valence-corrected chi connectivity index (χ3v) is 3.99. The molecule has 2 heterocycles. The number of Topliss-reactive ketones (excluding diaryl/α,β-unsaturated/α-hetero) is 1. The highest BCUT2D eigenvalue weighted by atomic mass is 32.2. The van der Waals surface area contributed by atoms with Crippen molar-refractivity contribution in [2.45, 2.75) is 13.0 Å². The molecule has 0 aliphatic carbocycles. The van der Waals surface area contributed by atoms with Gasteiger partial charge >= 0.3 is 0 Å². The lowest BCUT2D eigenvalue weighted by atomic mass is 10.2. The summed E-state index contributed by atoms with van der Waals surface area (Å²) in [4.78, 5) is 17.1. The molecule has 0 atom stereocenters. The number of ketones is 1. The van der Waals surface area contributed by atoms with E-state index in [0.717, 1.165) is 15.7 Å². The summed E-state index contributed by atoms with van der Waals surface area (Å²) in [6, 6.07) is 7.44. The van der Waals surface area contributed by atoms with Crippen molar-refractivity contribution >= 4 is 33.9 Å². The lowest BCUT2D eigenvalue weighted by Gasteiger charge is -2.01. The number of thioether (sulfide) groups is 1. The highest BCUT2D eigenvalue weighted by Gasteiger charge is 2.10. The minimum Gasteiger partial charge on any atom is -0.467 e. The van der Waals surface area contributed by atoms with Crippen LogP contribution in [0.2, 0.25) is 0 Å². The molecule has 5 heteroatoms. The highest BCUT2D eigenvalue weighted by molar-refractivity contribution is 8.13. The number of carbonyl (C=O) groups excluding carboxylic acids is 1. The van der Waals surface area contributed by atoms with Gasteiger partial charge < -0.3 is 4.42 Å². The molecule has 0 spiro atoms. The first-order valence-corrected chi connectivity index (χ1v) is 7.56. The van der Waals surface area contributed by atoms with Crippen LogP contribution in [-0.4, -0.2) is 17.1 Å². The first-order chi connectivity index (χ1) is 8.79. The largest absolute Gasteiger partial charge is 0.467 e. The van der Waals surface area contributed by atoms with Gasteiger partial charge in [-0.2, -0.15) is 0 Å². The maximum absolute atomic E-state index is 11.9. The number of aliphatic imine (C=N–C) groups is 1. The third kappa shape index (κ3) is 3.58. The second-order valence-corrected chi connectivity index (χ2v) is 5.40. The fraction of sp³-hybridized carbons (Fsp3) is 0.231. The zero-order valence-corrected chi connectivity index (χ0v) is 11.6. The molecule has 2 aromatic heterocycles. The average molecular weight is 279 g/mol. The maximum atomic E-state index is 11.9. The molecule has 94 valence electrons. The van der Waals surface area contributed by atoms with Crippen molar-refractivity contribution in [3.63, 3.8) is 0 Å². The second-order valence-electron chi connectivity index (χ2n) is 3.57. The van der Waals surface area contributed by atoms with E-state index in [1.807, 2.05) is 35.9 Å². The number of furan rings is 1. The third-order valence-electron chi connectivity index (χ3n) is 2.33. The minimum atomic E-state index is 0.123. The molecule has 3 nitrogen and oxygen atoms in total. The summed E-state index contributed by atoms with van der Waals surface area (Å²) in [6.45, 7) is 0.487. The van der Waals surface area contributed by atoms with Crippen LogP contribution in [0, 0.1) is 0 Å². The summed E-state index contributed by atoms with van der Waals surface area (Å²) in [5.74, 6) is 0.933. The molecule has 0 aromatic carbocycles. The fourth-order valence-electron chi connectivity index (χ4n) is 1.42. The minimum absolute atomic E-state index is 0.123. The van der Waals surface area contributed by atoms with Crippen molar-refractivity contribution in [1.29, 1.82) is 0 Å². The van der Waals surface area contributed by atoms with Gasteiger partial charge in [0, 0.05) is 0 Å². The first-order valence-electron chi connectivity index (χ1n) is 5.46. The molecule has 2 aromatic rings. The van der Waals surface area contributed by atoms with Crippen LogP contribution in [-0.2, 0) is 6.54 Å². The van der Waals surface area contributed by atoms with Crippen LogP contribution < -0.4 is 0 Å². The molecule has 0 unspecified atom stereocenters. The Kier molecular flexibility index (Phi) is 4.78. The summed E-state index contributed by atoms with van der Waals surface area (Å²) in [5, 5.41) is 2.75. The Bertz CT molecular complexity index is 515. The van der Waals surface area contributed by atoms with Gasteiger partial charge in [-0.1, -0.05) is 6.07 Å². The van der Waals surface area contributed by atoms with E-state index in [0.29, 0.717) is 13.0 Å². The van der Waals surface area contributed by atoms with Crippen LogP contribution >= 0.6 is 23.1 Å². The summed E-state index contributed by atoms with van der Waals surface area (Å²) >= 11 is 2.98. The van der Waals surface area contributed by atoms with Crippen LogP contribution in [0.25, 0.3) is 0 Å². The SMILES string of the molecule is CSC(CC(=O)c1cccs1)=NCc1ccco1. The van der Waals surface area contributed by atoms with E-state index in [2.05, 4.69) is 4.99 Å². The molecule has 0 fully saturated rings. The lowest BCUT2D eigenvalue weighted by Crippen LogP contribution is -2.04. The monoisotopic (exact) mass is 279 g/mol. The van der Waals surface area contributed by atoms with Crippen LogP contribution in [0.3, 0.4) is 0 Å². The van der Waals surface area contributed by atoms with Crippen LogP contribution in [0.15, 0.2) is 45.3 Å². The molecule has 18 heavy (non-hydrogen) atoms. The Balaban J connectivity index is 1.96. The van der Waals surface area contributed by atoms with E-state index in [9.17, 15) is 4.79 Å². The van der Waals surface area contributed by atoms with Crippen molar-refractivity contribution in [3.8, 4) is 0 Å². The zero-order valence-electron chi connectivity index (χ0n) is 9.96. The average Bonchev–Trinajstić information content (AvgIpc) is 3.05. The standard InChI is InChI=1S/C13H13NO2S2/c1-17-13(14-9-10-4-2-6-16-10)8-11(15)12-5-3-7-18-12/h2-7H,8-9H2,1H3. The molecule has 0 saturated heterocycles. The second kappa shape index (κ2) is 6.56. The Morgan fingerprint density at radius 2 is 2.33 bits per heavy atom. The molecule has 0 saturated carbocycles. The molecular weight excluding hydrogens is 266 g/mol. The number of rotatable bonds is 5. The molecule has 0 aliphatic heterocycles. The predicted molar refractivity (Wildman–Crippen MR) is 76.6 cm³/mol. The van der Waals surface area contributed by atoms with Crippen molar-refractivity contribution in [1.82, 2.24) is 0 Å². The smallest absolute Gasteiger partial charge is 0.179 e. The summed E-state index contributed by atoms with van der Waals surface area (Å²) in [6.07, 6.45) is 3.92. The van der Waals surface area contributed by atoms with Gasteiger partial charge in [0.05, 0.1) is 29.1 Å². The molecular formula is C13H13NO2S2. The Hall–Kier alpha value is -1.33. The number of hydrogen-bond acceptors (Lipinski definition) is 5. The summed E-state index contributed by atoms with van der Waals surface area (Å²) in [7, 11) is 0. The molecule has 0 N–H and O–H groups in total. The van der Waals surface area contributed by atoms with E-state index in [-0.39, 0.29) is 5.78 Å². The van der Waals surface area contributed by atoms with E-state index in [1.54, 1.807) is 6.26 Å². The Morgan fingerprint density at radius 3 is 2.94 bits per heavy atom. The van der Waals surface area contributed by atoms with Gasteiger partial charge in [0.1, 0.15) is 5.76 Å². The topological polar surface area (TPSA) is 42.6 Å². The van der Waals surface area contributed by atoms with E-state index in [1.165, 1.54) is 23.1 Å². The van der Waals surface area contributed by atoms with E-state index >= 15 is 0 Å². The van der Waals surface area contributed by atoms with Crippen molar-refractivity contribution in [2.75, 3.05) is 6.26 Å². The van der Waals surface area contributed by atoms with Gasteiger partial charge in [-0.15, -0.1) is 23.1 Å². The van der Waals surface area contributed by atoms with Crippen LogP contribution in [0.1, 0.15) is 21.9 Å². The quantitative estimate of drug-likeness (QED) is 0.474. The molecule has 2 rings (SSSR count). The first kappa shape index (κ1) is 13.1. The number of nitrogens with zero attached hydrogens (tertiary/aromatic N) is 1. The van der Waals surface area contributed by atoms with Gasteiger partial charge in [0.25, 0.3) is 0 Å². The van der Waals surface area contributed by atoms with E-state index < -0.39 is 0 Å². The van der Waals surface area contributed by atoms with Crippen LogP contribution in [0.4, 0.5) is 0 Å². The molecule has 0 bridgehead atoms. The van der Waals surface area contributed by atoms with Crippen molar-refractivity contribution in [2.24, 2.45) is 4.99 Å². The van der Waals surface area contributed by atoms with Crippen LogP contribution in [0.5, 0.6) is 0 Å². The number of thiophene rings is 1. The normalized spacial score (nSPS) is 11.7. The summed E-state index contributed by atoms with van der Waals surface area (Å²) < 4.78 is 5.21. The summed E-state index contributed by atoms with van der Waals surface area (Å²) in [5.41, 5.74) is 0. The lowest BCUT2D eigenvalue weighted by molar-refractivity contribution is 0.100. The van der Waals surface area contributed by atoms with Gasteiger partial charge in [0.15, 0.2) is 5.78 Å². The zero-order chi connectivity index (χ0) is 12.8. The van der Waals surface area contributed by atoms with Gasteiger partial charge in [-0.3, -0.25) is 9.79 Å². The van der Waals surface area contributed by atoms with Crippen molar-refractivity contribution < 1.29 is 9.21 Å². The predicted octanol–water partition coefficient (Wildman–Crippen LogP) is 3.88. The molecule has 0 amide bonds. The highest BCUT2D eigenvalue weighted by Crippen LogP contribution is 2.15. The Morgan fingerprint density at radius 1 is 1.44 bits per heavy atom. The van der Waals surface area contributed by atoms with Gasteiger partial charge in [-0.25, -0.2) is 0 Å². The Labute approximate surface area is 114 Å². The van der Waals surface area contributed by atoms with E-state index in [4.69, 9.17) is 4.42 Å². The molecule has 0 aliphatic rings. The number of carbonyl (C=O) groups is 1. The fourth-order valence-corrected chi connectivity index (χ4v) is 2.56. The van der Waals surface area contributed by atoms with Gasteiger partial charge in [0.2, 0.25) is 0 Å². The number of hydrogen-bond donors (Lipinski definition) is 0.